The molecule has 2 aromatic rings. The van der Waals surface area contributed by atoms with Gasteiger partial charge in [0.1, 0.15) is 0 Å². The minimum atomic E-state index is 0.182. The Morgan fingerprint density at radius 2 is 1.76 bits per heavy atom. The second-order valence-corrected chi connectivity index (χ2v) is 6.87. The molecule has 4 heteroatoms. The predicted octanol–water partition coefficient (Wildman–Crippen LogP) is 4.59. The second-order valence-electron chi connectivity index (χ2n) is 4.79. The van der Waals surface area contributed by atoms with E-state index in [2.05, 4.69) is 28.1 Å². The maximum absolute atomic E-state index is 12.1. The number of thioether (sulfide) groups is 1. The molecule has 0 N–H and O–H groups in total. The van der Waals surface area contributed by atoms with Crippen molar-refractivity contribution in [2.45, 2.75) is 17.9 Å². The minimum absolute atomic E-state index is 0.182. The van der Waals surface area contributed by atoms with E-state index in [0.29, 0.717) is 13.0 Å². The van der Waals surface area contributed by atoms with Crippen LogP contribution in [0.1, 0.15) is 12.0 Å². The summed E-state index contributed by atoms with van der Waals surface area (Å²) in [6, 6.07) is 18.2. The first-order valence-electron chi connectivity index (χ1n) is 6.81. The quantitative estimate of drug-likeness (QED) is 0.699. The fraction of sp³-hybridized carbons (Fsp3) is 0.235. The van der Waals surface area contributed by atoms with E-state index in [-0.39, 0.29) is 5.91 Å². The maximum Gasteiger partial charge on any atom is 0.223 e. The van der Waals surface area contributed by atoms with Crippen molar-refractivity contribution in [1.29, 1.82) is 0 Å². The molecule has 0 aliphatic carbocycles. The lowest BCUT2D eigenvalue weighted by Gasteiger charge is -2.17. The van der Waals surface area contributed by atoms with Crippen LogP contribution in [-0.2, 0) is 11.3 Å². The van der Waals surface area contributed by atoms with Gasteiger partial charge in [0.2, 0.25) is 5.91 Å². The van der Waals surface area contributed by atoms with Gasteiger partial charge in [0.25, 0.3) is 0 Å². The van der Waals surface area contributed by atoms with E-state index in [1.807, 2.05) is 49.5 Å². The highest BCUT2D eigenvalue weighted by Gasteiger charge is 2.09. The molecule has 0 atom stereocenters. The summed E-state index contributed by atoms with van der Waals surface area (Å²) >= 11 is 5.13. The normalized spacial score (nSPS) is 10.4. The summed E-state index contributed by atoms with van der Waals surface area (Å²) in [5.41, 5.74) is 1.14. The number of benzene rings is 2. The molecule has 0 heterocycles. The third-order valence-electron chi connectivity index (χ3n) is 3.09. The summed E-state index contributed by atoms with van der Waals surface area (Å²) < 4.78 is 1.06. The molecule has 0 radical (unpaired) electrons. The van der Waals surface area contributed by atoms with Crippen LogP contribution >= 0.6 is 27.7 Å². The second kappa shape index (κ2) is 8.25. The van der Waals surface area contributed by atoms with Crippen molar-refractivity contribution in [1.82, 2.24) is 4.90 Å². The molecule has 0 saturated carbocycles. The lowest BCUT2D eigenvalue weighted by atomic mass is 10.2. The topological polar surface area (TPSA) is 20.3 Å². The molecule has 2 aromatic carbocycles. The first kappa shape index (κ1) is 16.1. The van der Waals surface area contributed by atoms with Crippen LogP contribution in [0, 0.1) is 0 Å². The van der Waals surface area contributed by atoms with Gasteiger partial charge < -0.3 is 4.90 Å². The molecule has 0 bridgehead atoms. The Hall–Kier alpha value is -1.26. The van der Waals surface area contributed by atoms with Crippen LogP contribution in [0.25, 0.3) is 0 Å². The van der Waals surface area contributed by atoms with Gasteiger partial charge in [0, 0.05) is 35.1 Å². The molecule has 0 spiro atoms. The van der Waals surface area contributed by atoms with Crippen LogP contribution in [0.5, 0.6) is 0 Å². The van der Waals surface area contributed by atoms with E-state index >= 15 is 0 Å². The van der Waals surface area contributed by atoms with Crippen molar-refractivity contribution in [3.63, 3.8) is 0 Å². The number of halogens is 1. The number of rotatable bonds is 6. The van der Waals surface area contributed by atoms with E-state index in [1.165, 1.54) is 4.90 Å². The number of amides is 1. The van der Waals surface area contributed by atoms with Gasteiger partial charge in [-0.3, -0.25) is 4.79 Å². The van der Waals surface area contributed by atoms with Gasteiger partial charge in [0.05, 0.1) is 0 Å². The molecule has 1 amide bonds. The Morgan fingerprint density at radius 1 is 1.10 bits per heavy atom. The Kier molecular flexibility index (Phi) is 6.33. The fourth-order valence-electron chi connectivity index (χ4n) is 1.92. The molecule has 0 fully saturated rings. The van der Waals surface area contributed by atoms with Gasteiger partial charge in [-0.15, -0.1) is 11.8 Å². The maximum atomic E-state index is 12.1. The molecular formula is C17H18BrNOS. The number of hydrogen-bond acceptors (Lipinski definition) is 2. The summed E-state index contributed by atoms with van der Waals surface area (Å²) in [7, 11) is 1.86. The van der Waals surface area contributed by atoms with E-state index in [1.54, 1.807) is 16.7 Å². The van der Waals surface area contributed by atoms with Gasteiger partial charge in [-0.25, -0.2) is 0 Å². The fourth-order valence-corrected chi connectivity index (χ4v) is 3.04. The molecule has 2 nitrogen and oxygen atoms in total. The molecule has 0 aliphatic heterocycles. The minimum Gasteiger partial charge on any atom is -0.341 e. The Bertz CT molecular complexity index is 571. The summed E-state index contributed by atoms with van der Waals surface area (Å²) in [5, 5.41) is 0. The van der Waals surface area contributed by atoms with E-state index in [4.69, 9.17) is 0 Å². The van der Waals surface area contributed by atoms with Crippen LogP contribution in [-0.4, -0.2) is 23.6 Å². The predicted molar refractivity (Wildman–Crippen MR) is 92.4 cm³/mol. The summed E-state index contributed by atoms with van der Waals surface area (Å²) in [4.78, 5) is 15.1. The van der Waals surface area contributed by atoms with Crippen molar-refractivity contribution in [2.24, 2.45) is 0 Å². The highest BCUT2D eigenvalue weighted by molar-refractivity contribution is 9.10. The first-order chi connectivity index (χ1) is 10.1. The third kappa shape index (κ3) is 5.56. The SMILES string of the molecule is CN(Cc1ccc(Br)cc1)C(=O)CCSc1ccccc1. The first-order valence-corrected chi connectivity index (χ1v) is 8.59. The van der Waals surface area contributed by atoms with E-state index in [9.17, 15) is 4.79 Å². The van der Waals surface area contributed by atoms with Gasteiger partial charge in [-0.1, -0.05) is 46.3 Å². The van der Waals surface area contributed by atoms with Crippen LogP contribution in [0.2, 0.25) is 0 Å². The molecule has 2 rings (SSSR count). The molecule has 0 unspecified atom stereocenters. The van der Waals surface area contributed by atoms with Gasteiger partial charge in [0.15, 0.2) is 0 Å². The molecule has 0 aromatic heterocycles. The van der Waals surface area contributed by atoms with Crippen LogP contribution in [0.4, 0.5) is 0 Å². The van der Waals surface area contributed by atoms with Crippen molar-refractivity contribution >= 4 is 33.6 Å². The zero-order valence-electron chi connectivity index (χ0n) is 12.0. The average molecular weight is 364 g/mol. The summed E-state index contributed by atoms with van der Waals surface area (Å²) in [6.07, 6.45) is 0.562. The molecule has 110 valence electrons. The molecule has 0 aliphatic rings. The lowest BCUT2D eigenvalue weighted by molar-refractivity contribution is -0.129. The van der Waals surface area contributed by atoms with Gasteiger partial charge in [-0.2, -0.15) is 0 Å². The van der Waals surface area contributed by atoms with Crippen molar-refractivity contribution in [3.05, 3.63) is 64.6 Å². The Morgan fingerprint density at radius 3 is 2.43 bits per heavy atom. The molecular weight excluding hydrogens is 346 g/mol. The number of nitrogens with zero attached hydrogens (tertiary/aromatic N) is 1. The van der Waals surface area contributed by atoms with Crippen LogP contribution in [0.3, 0.4) is 0 Å². The van der Waals surface area contributed by atoms with Crippen molar-refractivity contribution < 1.29 is 4.79 Å². The Balaban J connectivity index is 1.76. The highest BCUT2D eigenvalue weighted by Crippen LogP contribution is 2.18. The number of carbonyl (C=O) groups is 1. The summed E-state index contributed by atoms with van der Waals surface area (Å²) in [5.74, 6) is 0.995. The summed E-state index contributed by atoms with van der Waals surface area (Å²) in [6.45, 7) is 0.655. The molecule has 21 heavy (non-hydrogen) atoms. The third-order valence-corrected chi connectivity index (χ3v) is 4.63. The zero-order chi connectivity index (χ0) is 15.1. The smallest absolute Gasteiger partial charge is 0.223 e. The lowest BCUT2D eigenvalue weighted by Crippen LogP contribution is -2.26. The monoisotopic (exact) mass is 363 g/mol. The molecule has 0 saturated heterocycles. The Labute approximate surface area is 138 Å². The number of carbonyl (C=O) groups excluding carboxylic acids is 1. The van der Waals surface area contributed by atoms with Crippen molar-refractivity contribution in [2.75, 3.05) is 12.8 Å². The standard InChI is InChI=1S/C17H18BrNOS/c1-19(13-14-7-9-15(18)10-8-14)17(20)11-12-21-16-5-3-2-4-6-16/h2-10H,11-13H2,1H3. The van der Waals surface area contributed by atoms with E-state index in [0.717, 1.165) is 15.8 Å². The van der Waals surface area contributed by atoms with Crippen LogP contribution in [0.15, 0.2) is 64.0 Å². The largest absolute Gasteiger partial charge is 0.341 e. The van der Waals surface area contributed by atoms with Crippen LogP contribution < -0.4 is 0 Å². The zero-order valence-corrected chi connectivity index (χ0v) is 14.4. The van der Waals surface area contributed by atoms with Crippen molar-refractivity contribution in [3.8, 4) is 0 Å². The van der Waals surface area contributed by atoms with Gasteiger partial charge in [-0.05, 0) is 29.8 Å². The highest BCUT2D eigenvalue weighted by atomic mass is 79.9. The number of hydrogen-bond donors (Lipinski definition) is 0. The van der Waals surface area contributed by atoms with E-state index < -0.39 is 0 Å². The van der Waals surface area contributed by atoms with Gasteiger partial charge >= 0.3 is 0 Å². The average Bonchev–Trinajstić information content (AvgIpc) is 2.50.